The van der Waals surface area contributed by atoms with E-state index in [1.165, 1.54) is 6.07 Å². The fourth-order valence-corrected chi connectivity index (χ4v) is 5.31. The first-order chi connectivity index (χ1) is 17.8. The zero-order valence-electron chi connectivity index (χ0n) is 20.8. The van der Waals surface area contributed by atoms with Gasteiger partial charge in [-0.1, -0.05) is 30.3 Å². The molecule has 1 aromatic carbocycles. The van der Waals surface area contributed by atoms with Crippen LogP contribution in [0.3, 0.4) is 0 Å². The van der Waals surface area contributed by atoms with Crippen LogP contribution in [0.25, 0.3) is 15.9 Å². The predicted octanol–water partition coefficient (Wildman–Crippen LogP) is 5.36. The van der Waals surface area contributed by atoms with E-state index in [-0.39, 0.29) is 29.3 Å². The lowest BCUT2D eigenvalue weighted by Gasteiger charge is -2.48. The highest BCUT2D eigenvalue weighted by Gasteiger charge is 2.37. The Labute approximate surface area is 219 Å². The van der Waals surface area contributed by atoms with Crippen molar-refractivity contribution in [2.75, 3.05) is 18.0 Å². The van der Waals surface area contributed by atoms with Crippen LogP contribution in [0, 0.1) is 12.4 Å². The Morgan fingerprint density at radius 3 is 2.57 bits per heavy atom. The normalized spacial score (nSPS) is 19.1. The quantitative estimate of drug-likeness (QED) is 0.342. The number of fused-ring (bicyclic) bond motifs is 1. The van der Waals surface area contributed by atoms with Crippen LogP contribution in [0.5, 0.6) is 0 Å². The van der Waals surface area contributed by atoms with Gasteiger partial charge in [0, 0.05) is 49.5 Å². The van der Waals surface area contributed by atoms with Gasteiger partial charge in [0.05, 0.1) is 22.9 Å². The number of benzene rings is 1. The Bertz CT molecular complexity index is 1560. The topological polar surface area (TPSA) is 58.6 Å². The molecule has 37 heavy (non-hydrogen) atoms. The number of halogens is 2. The monoisotopic (exact) mass is 516 g/mol. The van der Waals surface area contributed by atoms with Crippen molar-refractivity contribution in [2.45, 2.75) is 32.0 Å². The molecule has 0 radical (unpaired) electrons. The van der Waals surface area contributed by atoms with E-state index < -0.39 is 6.04 Å². The van der Waals surface area contributed by atoms with Crippen LogP contribution in [0.4, 0.5) is 15.9 Å². The van der Waals surface area contributed by atoms with E-state index in [1.807, 2.05) is 24.3 Å². The number of piperazine rings is 1. The second-order valence-electron chi connectivity index (χ2n) is 9.45. The fraction of sp³-hybridized carbons (Fsp3) is 0.286. The van der Waals surface area contributed by atoms with Crippen molar-refractivity contribution in [3.8, 4) is 0 Å². The van der Waals surface area contributed by atoms with E-state index in [0.29, 0.717) is 40.5 Å². The molecule has 9 heteroatoms. The number of aryl methyl sites for hydroxylation is 1. The van der Waals surface area contributed by atoms with Crippen LogP contribution in [0.2, 0.25) is 5.02 Å². The molecule has 0 N–H and O–H groups in total. The Morgan fingerprint density at radius 1 is 1.11 bits per heavy atom. The van der Waals surface area contributed by atoms with E-state index in [4.69, 9.17) is 18.2 Å². The molecule has 4 aromatic rings. The van der Waals surface area contributed by atoms with E-state index in [1.54, 1.807) is 42.1 Å². The summed E-state index contributed by atoms with van der Waals surface area (Å²) in [5, 5.41) is 0.610. The minimum Gasteiger partial charge on any atom is -0.362 e. The van der Waals surface area contributed by atoms with Crippen molar-refractivity contribution in [3.63, 3.8) is 0 Å². The minimum atomic E-state index is -0.412. The smallest absolute Gasteiger partial charge is 0.270 e. The summed E-state index contributed by atoms with van der Waals surface area (Å²) in [7, 11) is 1.70. The summed E-state index contributed by atoms with van der Waals surface area (Å²) < 4.78 is 16.6. The van der Waals surface area contributed by atoms with E-state index in [0.717, 1.165) is 5.56 Å². The van der Waals surface area contributed by atoms with Gasteiger partial charge in [-0.3, -0.25) is 14.7 Å². The van der Waals surface area contributed by atoms with Crippen LogP contribution >= 0.6 is 11.6 Å². The molecule has 0 amide bonds. The average Bonchev–Trinajstić information content (AvgIpc) is 2.90. The Morgan fingerprint density at radius 2 is 1.86 bits per heavy atom. The van der Waals surface area contributed by atoms with Crippen molar-refractivity contribution in [2.24, 2.45) is 7.05 Å². The van der Waals surface area contributed by atoms with Gasteiger partial charge in [-0.05, 0) is 55.8 Å². The highest BCUT2D eigenvalue weighted by atomic mass is 35.5. The van der Waals surface area contributed by atoms with Crippen LogP contribution in [0.1, 0.15) is 31.1 Å². The third-order valence-electron chi connectivity index (χ3n) is 7.08. The van der Waals surface area contributed by atoms with E-state index in [9.17, 15) is 4.79 Å². The summed E-state index contributed by atoms with van der Waals surface area (Å²) in [5.74, 6) is -0.0849. The Kier molecular flexibility index (Phi) is 6.67. The van der Waals surface area contributed by atoms with Crippen LogP contribution in [0.15, 0.2) is 65.6 Å². The SMILES string of the molecule is [C-]#[N+]c1ccc2c(n1)c(N1C[C@@H](C)N(C(c3ccc(Cl)cc3)c3ncccc3F)C[C@@H]1C)cc(=O)n2C. The Balaban J connectivity index is 1.57. The number of hydrogen-bond acceptors (Lipinski definition) is 5. The lowest BCUT2D eigenvalue weighted by atomic mass is 9.96. The molecule has 3 aromatic heterocycles. The van der Waals surface area contributed by atoms with Gasteiger partial charge in [-0.2, -0.15) is 0 Å². The second kappa shape index (κ2) is 9.92. The van der Waals surface area contributed by atoms with Crippen molar-refractivity contribution >= 4 is 34.1 Å². The molecule has 188 valence electrons. The van der Waals surface area contributed by atoms with Crippen LogP contribution in [-0.2, 0) is 7.05 Å². The standard InChI is InChI=1S/C28H26ClFN6O/c1-17-16-36(28(19-7-9-20(29)10-8-19)26-21(30)6-5-13-32-26)18(2)15-35(17)23-14-25(37)34(4)22-11-12-24(31-3)33-27(22)23/h5-14,17-18,28H,15-16H2,1-2,4H3/t17-,18+,28?/m0/s1. The van der Waals surface area contributed by atoms with Crippen molar-refractivity contribution in [3.05, 3.63) is 105 Å². The fourth-order valence-electron chi connectivity index (χ4n) is 5.18. The molecule has 0 bridgehead atoms. The molecule has 5 rings (SSSR count). The first-order valence-corrected chi connectivity index (χ1v) is 12.4. The molecule has 1 unspecified atom stereocenters. The van der Waals surface area contributed by atoms with E-state index in [2.05, 4.69) is 38.5 Å². The van der Waals surface area contributed by atoms with Crippen molar-refractivity contribution in [1.29, 1.82) is 0 Å². The maximum atomic E-state index is 15.1. The van der Waals surface area contributed by atoms with Gasteiger partial charge in [-0.25, -0.2) is 4.39 Å². The highest BCUT2D eigenvalue weighted by molar-refractivity contribution is 6.30. The number of rotatable bonds is 4. The molecule has 0 spiro atoms. The zero-order valence-corrected chi connectivity index (χ0v) is 21.5. The van der Waals surface area contributed by atoms with Gasteiger partial charge < -0.3 is 14.3 Å². The van der Waals surface area contributed by atoms with Crippen LogP contribution < -0.4 is 10.5 Å². The van der Waals surface area contributed by atoms with Crippen molar-refractivity contribution in [1.82, 2.24) is 19.4 Å². The largest absolute Gasteiger partial charge is 0.362 e. The van der Waals surface area contributed by atoms with Gasteiger partial charge >= 0.3 is 0 Å². The lowest BCUT2D eigenvalue weighted by Crippen LogP contribution is -2.57. The first-order valence-electron chi connectivity index (χ1n) is 12.0. The molecular weight excluding hydrogens is 491 g/mol. The molecule has 7 nitrogen and oxygen atoms in total. The molecular formula is C28H26ClFN6O. The summed E-state index contributed by atoms with van der Waals surface area (Å²) >= 11 is 6.15. The molecule has 1 saturated heterocycles. The number of nitrogens with zero attached hydrogens (tertiary/aromatic N) is 6. The molecule has 4 heterocycles. The molecule has 1 aliphatic heterocycles. The highest BCUT2D eigenvalue weighted by Crippen LogP contribution is 2.36. The number of anilines is 1. The van der Waals surface area contributed by atoms with Crippen LogP contribution in [-0.4, -0.2) is 44.6 Å². The first kappa shape index (κ1) is 24.9. The third kappa shape index (κ3) is 4.57. The number of aromatic nitrogens is 3. The molecule has 3 atom stereocenters. The van der Waals surface area contributed by atoms with Gasteiger partial charge in [0.25, 0.3) is 11.4 Å². The summed E-state index contributed by atoms with van der Waals surface area (Å²) in [6, 6.07) is 15.0. The maximum Gasteiger partial charge on any atom is 0.270 e. The van der Waals surface area contributed by atoms with Gasteiger partial charge in [0.15, 0.2) is 0 Å². The average molecular weight is 517 g/mol. The zero-order chi connectivity index (χ0) is 26.3. The lowest BCUT2D eigenvalue weighted by molar-refractivity contribution is 0.125. The predicted molar refractivity (Wildman–Crippen MR) is 144 cm³/mol. The minimum absolute atomic E-state index is 0.0264. The molecule has 0 saturated carbocycles. The number of hydrogen-bond donors (Lipinski definition) is 0. The van der Waals surface area contributed by atoms with Gasteiger partial charge in [-0.15, -0.1) is 4.98 Å². The second-order valence-corrected chi connectivity index (χ2v) is 9.88. The Hall–Kier alpha value is -3.80. The van der Waals surface area contributed by atoms with Gasteiger partial charge in [0.2, 0.25) is 5.52 Å². The van der Waals surface area contributed by atoms with Crippen molar-refractivity contribution < 1.29 is 4.39 Å². The third-order valence-corrected chi connectivity index (χ3v) is 7.33. The summed E-state index contributed by atoms with van der Waals surface area (Å²) in [6.07, 6.45) is 1.61. The molecule has 0 aliphatic carbocycles. The number of pyridine rings is 3. The summed E-state index contributed by atoms with van der Waals surface area (Å²) in [4.78, 5) is 29.7. The van der Waals surface area contributed by atoms with E-state index >= 15 is 4.39 Å². The summed E-state index contributed by atoms with van der Waals surface area (Å²) in [5.41, 5.74) is 3.11. The molecule has 1 fully saturated rings. The van der Waals surface area contributed by atoms with Gasteiger partial charge in [0.1, 0.15) is 5.82 Å². The molecule has 1 aliphatic rings. The maximum absolute atomic E-state index is 15.1. The summed E-state index contributed by atoms with van der Waals surface area (Å²) in [6.45, 7) is 12.7.